The molecule has 0 spiro atoms. The van der Waals surface area contributed by atoms with E-state index in [1.165, 1.54) is 0 Å². The zero-order chi connectivity index (χ0) is 18.1. The van der Waals surface area contributed by atoms with Gasteiger partial charge in [0.25, 0.3) is 5.91 Å². The fourth-order valence-electron chi connectivity index (χ4n) is 4.30. The SMILES string of the molecule is CCN(CC)Cc1cnc2c(C(=O)N3[C@H]4CCNC[C@@H]3CC4)cnn2c1. The molecule has 4 heterocycles. The molecule has 2 aromatic heterocycles. The highest BCUT2D eigenvalue weighted by molar-refractivity contribution is 6.00. The van der Waals surface area contributed by atoms with E-state index >= 15 is 0 Å². The maximum atomic E-state index is 13.2. The fourth-order valence-corrected chi connectivity index (χ4v) is 4.30. The van der Waals surface area contributed by atoms with Crippen molar-refractivity contribution in [2.75, 3.05) is 26.2 Å². The van der Waals surface area contributed by atoms with Gasteiger partial charge in [-0.3, -0.25) is 9.69 Å². The van der Waals surface area contributed by atoms with Crippen LogP contribution in [0, 0.1) is 0 Å². The number of amides is 1. The van der Waals surface area contributed by atoms with E-state index in [-0.39, 0.29) is 5.91 Å². The van der Waals surface area contributed by atoms with Gasteiger partial charge in [-0.15, -0.1) is 0 Å². The van der Waals surface area contributed by atoms with E-state index in [0.717, 1.165) is 57.5 Å². The summed E-state index contributed by atoms with van der Waals surface area (Å²) in [4.78, 5) is 22.2. The van der Waals surface area contributed by atoms with E-state index in [9.17, 15) is 4.79 Å². The average Bonchev–Trinajstić information content (AvgIpc) is 3.18. The Labute approximate surface area is 154 Å². The van der Waals surface area contributed by atoms with E-state index < -0.39 is 0 Å². The molecule has 2 fully saturated rings. The zero-order valence-corrected chi connectivity index (χ0v) is 15.7. The Balaban J connectivity index is 1.60. The van der Waals surface area contributed by atoms with Crippen LogP contribution in [0.2, 0.25) is 0 Å². The first-order valence-corrected chi connectivity index (χ1v) is 9.79. The molecule has 2 aromatic rings. The molecule has 26 heavy (non-hydrogen) atoms. The summed E-state index contributed by atoms with van der Waals surface area (Å²) >= 11 is 0. The van der Waals surface area contributed by atoms with Crippen molar-refractivity contribution in [1.29, 1.82) is 0 Å². The predicted molar refractivity (Wildman–Crippen MR) is 100 cm³/mol. The first-order valence-electron chi connectivity index (χ1n) is 9.79. The van der Waals surface area contributed by atoms with Gasteiger partial charge in [-0.25, -0.2) is 9.50 Å². The molecule has 1 amide bonds. The fraction of sp³-hybridized carbons (Fsp3) is 0.632. The zero-order valence-electron chi connectivity index (χ0n) is 15.7. The number of hydrogen-bond acceptors (Lipinski definition) is 5. The van der Waals surface area contributed by atoms with Gasteiger partial charge in [0.1, 0.15) is 5.56 Å². The highest BCUT2D eigenvalue weighted by Gasteiger charge is 2.39. The third-order valence-electron chi connectivity index (χ3n) is 5.83. The number of aromatic nitrogens is 3. The van der Waals surface area contributed by atoms with E-state index in [0.29, 0.717) is 23.3 Å². The second-order valence-electron chi connectivity index (χ2n) is 7.34. The van der Waals surface area contributed by atoms with Crippen LogP contribution in [0.15, 0.2) is 18.6 Å². The van der Waals surface area contributed by atoms with Gasteiger partial charge < -0.3 is 10.2 Å². The van der Waals surface area contributed by atoms with Crippen molar-refractivity contribution in [1.82, 2.24) is 29.7 Å². The standard InChI is InChI=1S/C19H28N6O/c1-3-23(4-2)12-14-9-21-18-17(11-22-24(18)13-14)19(26)25-15-5-6-16(25)10-20-8-7-15/h9,11,13,15-16,20H,3-8,10,12H2,1-2H3/t15-,16+/m1/s1. The first kappa shape index (κ1) is 17.4. The van der Waals surface area contributed by atoms with Crippen molar-refractivity contribution in [3.8, 4) is 0 Å². The second-order valence-corrected chi connectivity index (χ2v) is 7.34. The highest BCUT2D eigenvalue weighted by atomic mass is 16.2. The van der Waals surface area contributed by atoms with Crippen LogP contribution in [0.5, 0.6) is 0 Å². The van der Waals surface area contributed by atoms with Crippen LogP contribution in [0.3, 0.4) is 0 Å². The lowest BCUT2D eigenvalue weighted by Crippen LogP contribution is -2.42. The summed E-state index contributed by atoms with van der Waals surface area (Å²) in [6.45, 7) is 9.05. The lowest BCUT2D eigenvalue weighted by molar-refractivity contribution is 0.0682. The van der Waals surface area contributed by atoms with Crippen LogP contribution in [0.4, 0.5) is 0 Å². The summed E-state index contributed by atoms with van der Waals surface area (Å²) in [6.07, 6.45) is 8.79. The minimum atomic E-state index is 0.0835. The Bertz CT molecular complexity index is 769. The van der Waals surface area contributed by atoms with Crippen molar-refractivity contribution in [2.24, 2.45) is 0 Å². The van der Waals surface area contributed by atoms with Crippen LogP contribution in [-0.2, 0) is 6.54 Å². The number of rotatable bonds is 5. The summed E-state index contributed by atoms with van der Waals surface area (Å²) in [7, 11) is 0. The largest absolute Gasteiger partial charge is 0.331 e. The molecule has 2 saturated heterocycles. The number of hydrogen-bond donors (Lipinski definition) is 1. The van der Waals surface area contributed by atoms with Crippen LogP contribution in [0.25, 0.3) is 5.65 Å². The van der Waals surface area contributed by atoms with Gasteiger partial charge in [0.15, 0.2) is 5.65 Å². The minimum Gasteiger partial charge on any atom is -0.331 e. The molecule has 7 nitrogen and oxygen atoms in total. The van der Waals surface area contributed by atoms with Crippen molar-refractivity contribution in [3.63, 3.8) is 0 Å². The van der Waals surface area contributed by atoms with E-state index in [1.807, 2.05) is 12.4 Å². The summed E-state index contributed by atoms with van der Waals surface area (Å²) in [5, 5.41) is 7.87. The van der Waals surface area contributed by atoms with Gasteiger partial charge in [-0.2, -0.15) is 5.10 Å². The molecule has 0 radical (unpaired) electrons. The third-order valence-corrected chi connectivity index (χ3v) is 5.83. The summed E-state index contributed by atoms with van der Waals surface area (Å²) in [5.41, 5.74) is 2.40. The molecule has 0 saturated carbocycles. The molecule has 7 heteroatoms. The number of nitrogens with one attached hydrogen (secondary N) is 1. The lowest BCUT2D eigenvalue weighted by Gasteiger charge is -2.27. The average molecular weight is 356 g/mol. The van der Waals surface area contributed by atoms with Gasteiger partial charge in [0.2, 0.25) is 0 Å². The third kappa shape index (κ3) is 3.10. The Hall–Kier alpha value is -1.99. The molecule has 140 valence electrons. The van der Waals surface area contributed by atoms with Crippen molar-refractivity contribution < 1.29 is 4.79 Å². The van der Waals surface area contributed by atoms with E-state index in [4.69, 9.17) is 0 Å². The summed E-state index contributed by atoms with van der Waals surface area (Å²) in [6, 6.07) is 0.645. The molecular weight excluding hydrogens is 328 g/mol. The quantitative estimate of drug-likeness (QED) is 0.880. The molecule has 4 rings (SSSR count). The first-order chi connectivity index (χ1) is 12.7. The molecule has 1 N–H and O–H groups in total. The predicted octanol–water partition coefficient (Wildman–Crippen LogP) is 1.54. The van der Waals surface area contributed by atoms with Crippen molar-refractivity contribution in [3.05, 3.63) is 29.7 Å². The van der Waals surface area contributed by atoms with Crippen molar-refractivity contribution >= 4 is 11.6 Å². The van der Waals surface area contributed by atoms with Crippen LogP contribution >= 0.6 is 0 Å². The summed E-state index contributed by atoms with van der Waals surface area (Å²) in [5.74, 6) is 0.0835. The van der Waals surface area contributed by atoms with Gasteiger partial charge >= 0.3 is 0 Å². The monoisotopic (exact) mass is 356 g/mol. The topological polar surface area (TPSA) is 65.8 Å². The number of carbonyl (C=O) groups is 1. The second kappa shape index (κ2) is 7.32. The summed E-state index contributed by atoms with van der Waals surface area (Å²) < 4.78 is 1.75. The highest BCUT2D eigenvalue weighted by Crippen LogP contribution is 2.30. The van der Waals surface area contributed by atoms with Crippen LogP contribution in [0.1, 0.15) is 49.0 Å². The molecular formula is C19H28N6O. The van der Waals surface area contributed by atoms with Gasteiger partial charge in [0, 0.05) is 43.1 Å². The van der Waals surface area contributed by atoms with Gasteiger partial charge in [-0.1, -0.05) is 13.8 Å². The van der Waals surface area contributed by atoms with Crippen molar-refractivity contribution in [2.45, 2.75) is 51.7 Å². The number of carbonyl (C=O) groups excluding carboxylic acids is 1. The maximum absolute atomic E-state index is 13.2. The van der Waals surface area contributed by atoms with Crippen LogP contribution < -0.4 is 5.32 Å². The molecule has 0 aromatic carbocycles. The lowest BCUT2D eigenvalue weighted by atomic mass is 10.1. The molecule has 2 aliphatic rings. The Morgan fingerprint density at radius 3 is 2.85 bits per heavy atom. The molecule has 2 bridgehead atoms. The smallest absolute Gasteiger partial charge is 0.259 e. The normalized spacial score (nSPS) is 23.0. The maximum Gasteiger partial charge on any atom is 0.259 e. The minimum absolute atomic E-state index is 0.0835. The molecule has 0 aliphatic carbocycles. The van der Waals surface area contributed by atoms with E-state index in [2.05, 4.69) is 39.0 Å². The van der Waals surface area contributed by atoms with Crippen LogP contribution in [-0.4, -0.2) is 68.6 Å². The molecule has 0 unspecified atom stereocenters. The molecule has 2 atom stereocenters. The number of fused-ring (bicyclic) bond motifs is 3. The van der Waals surface area contributed by atoms with Gasteiger partial charge in [0.05, 0.1) is 6.20 Å². The Morgan fingerprint density at radius 1 is 1.23 bits per heavy atom. The molecule has 2 aliphatic heterocycles. The van der Waals surface area contributed by atoms with E-state index in [1.54, 1.807) is 10.7 Å². The Kier molecular flexibility index (Phi) is 4.91. The Morgan fingerprint density at radius 2 is 2.04 bits per heavy atom. The number of nitrogens with zero attached hydrogens (tertiary/aromatic N) is 5. The van der Waals surface area contributed by atoms with Gasteiger partial charge in [-0.05, 0) is 38.9 Å².